The van der Waals surface area contributed by atoms with E-state index in [1.165, 1.54) is 0 Å². The average Bonchev–Trinajstić information content (AvgIpc) is 2.28. The fourth-order valence-corrected chi connectivity index (χ4v) is 1.35. The molecule has 0 aromatic heterocycles. The van der Waals surface area contributed by atoms with Gasteiger partial charge in [-0.15, -0.1) is 0 Å². The maximum Gasteiger partial charge on any atom is 0.246 e. The Morgan fingerprint density at radius 1 is 1.11 bits per heavy atom. The molecule has 0 aromatic rings. The fraction of sp³-hybridized carbons (Fsp3) is 0.900. The van der Waals surface area contributed by atoms with Gasteiger partial charge in [0.1, 0.15) is 16.4 Å². The number of nitrogens with one attached hydrogen (secondary N) is 1. The van der Waals surface area contributed by atoms with Crippen molar-refractivity contribution in [3.8, 4) is 0 Å². The lowest BCUT2D eigenvalue weighted by atomic mass is 10.6. The van der Waals surface area contributed by atoms with Gasteiger partial charge in [0.25, 0.3) is 0 Å². The molecule has 0 unspecified atom stereocenters. The third kappa shape index (κ3) is 13.4. The number of methoxy groups -OCH3 is 1. The number of hydrogen-bond donors (Lipinski definition) is 1. The summed E-state index contributed by atoms with van der Waals surface area (Å²) in [4.78, 5) is 11.2. The Morgan fingerprint density at radius 3 is 2.44 bits per heavy atom. The van der Waals surface area contributed by atoms with Crippen LogP contribution in [0.2, 0.25) is 0 Å². The molecule has 0 atom stereocenters. The summed E-state index contributed by atoms with van der Waals surface area (Å²) >= 11 is 0. The standard InChI is InChI=1S/C10H21NO6S/c1-15-5-6-17-9-10(12)11-3-4-16-7-8-18(2,13)14/h3-9H2,1-2H3,(H,11,12). The Bertz CT molecular complexity index is 316. The van der Waals surface area contributed by atoms with Crippen molar-refractivity contribution in [1.29, 1.82) is 0 Å². The van der Waals surface area contributed by atoms with Crippen LogP contribution in [0.4, 0.5) is 0 Å². The summed E-state index contributed by atoms with van der Waals surface area (Å²) in [5.41, 5.74) is 0. The monoisotopic (exact) mass is 283 g/mol. The predicted octanol–water partition coefficient (Wildman–Crippen LogP) is -1.17. The molecule has 0 fully saturated rings. The molecule has 0 aliphatic heterocycles. The molecule has 18 heavy (non-hydrogen) atoms. The van der Waals surface area contributed by atoms with Crippen LogP contribution < -0.4 is 5.32 Å². The number of carbonyl (C=O) groups is 1. The lowest BCUT2D eigenvalue weighted by Gasteiger charge is -2.06. The zero-order valence-corrected chi connectivity index (χ0v) is 11.6. The first-order chi connectivity index (χ1) is 8.45. The molecule has 8 heteroatoms. The third-order valence-electron chi connectivity index (χ3n) is 1.83. The van der Waals surface area contributed by atoms with E-state index in [0.717, 1.165) is 6.26 Å². The Kier molecular flexibility index (Phi) is 9.85. The van der Waals surface area contributed by atoms with Crippen LogP contribution in [-0.4, -0.2) is 73.0 Å². The van der Waals surface area contributed by atoms with Crippen molar-refractivity contribution in [2.24, 2.45) is 0 Å². The van der Waals surface area contributed by atoms with Crippen LogP contribution in [0, 0.1) is 0 Å². The maximum atomic E-state index is 11.2. The zero-order chi connectivity index (χ0) is 13.9. The third-order valence-corrected chi connectivity index (χ3v) is 2.74. The topological polar surface area (TPSA) is 90.9 Å². The summed E-state index contributed by atoms with van der Waals surface area (Å²) in [5.74, 6) is -0.251. The molecule has 0 aliphatic carbocycles. The summed E-state index contributed by atoms with van der Waals surface area (Å²) < 4.78 is 36.3. The van der Waals surface area contributed by atoms with Crippen molar-refractivity contribution in [3.05, 3.63) is 0 Å². The largest absolute Gasteiger partial charge is 0.382 e. The Labute approximate surface area is 108 Å². The molecule has 0 radical (unpaired) electrons. The van der Waals surface area contributed by atoms with E-state index in [1.54, 1.807) is 7.11 Å². The van der Waals surface area contributed by atoms with Crippen molar-refractivity contribution >= 4 is 15.7 Å². The molecule has 7 nitrogen and oxygen atoms in total. The molecular formula is C10H21NO6S. The normalized spacial score (nSPS) is 11.4. The second-order valence-corrected chi connectivity index (χ2v) is 5.90. The van der Waals surface area contributed by atoms with Gasteiger partial charge in [-0.3, -0.25) is 4.79 Å². The SMILES string of the molecule is COCCOCC(=O)NCCOCCS(C)(=O)=O. The highest BCUT2D eigenvalue weighted by Gasteiger charge is 2.02. The Hall–Kier alpha value is -0.700. The minimum absolute atomic E-state index is 0.0128. The molecule has 0 aliphatic rings. The van der Waals surface area contributed by atoms with Crippen molar-refractivity contribution < 1.29 is 27.4 Å². The number of rotatable bonds is 11. The first-order valence-electron chi connectivity index (χ1n) is 5.54. The highest BCUT2D eigenvalue weighted by Crippen LogP contribution is 1.83. The minimum Gasteiger partial charge on any atom is -0.382 e. The molecule has 0 rings (SSSR count). The number of ether oxygens (including phenoxy) is 3. The number of amides is 1. The molecule has 1 N–H and O–H groups in total. The predicted molar refractivity (Wildman–Crippen MR) is 66.2 cm³/mol. The van der Waals surface area contributed by atoms with E-state index in [-0.39, 0.29) is 31.5 Å². The van der Waals surface area contributed by atoms with Gasteiger partial charge in [0.2, 0.25) is 5.91 Å². The second-order valence-electron chi connectivity index (χ2n) is 3.64. The summed E-state index contributed by atoms with van der Waals surface area (Å²) in [5, 5.41) is 2.58. The molecule has 0 heterocycles. The molecule has 0 bridgehead atoms. The average molecular weight is 283 g/mol. The minimum atomic E-state index is -2.99. The summed E-state index contributed by atoms with van der Waals surface area (Å²) in [6.45, 7) is 1.54. The number of sulfone groups is 1. The van der Waals surface area contributed by atoms with Crippen molar-refractivity contribution in [2.45, 2.75) is 0 Å². The molecule has 0 spiro atoms. The summed E-state index contributed by atoms with van der Waals surface area (Å²) in [7, 11) is -1.44. The second kappa shape index (κ2) is 10.2. The van der Waals surface area contributed by atoms with Crippen LogP contribution in [0.25, 0.3) is 0 Å². The van der Waals surface area contributed by atoms with E-state index in [1.807, 2.05) is 0 Å². The van der Waals surface area contributed by atoms with Gasteiger partial charge in [0, 0.05) is 19.9 Å². The van der Waals surface area contributed by atoms with Gasteiger partial charge < -0.3 is 19.5 Å². The smallest absolute Gasteiger partial charge is 0.246 e. The van der Waals surface area contributed by atoms with Gasteiger partial charge in [-0.25, -0.2) is 8.42 Å². The Balaban J connectivity index is 3.30. The number of hydrogen-bond acceptors (Lipinski definition) is 6. The summed E-state index contributed by atoms with van der Waals surface area (Å²) in [6, 6.07) is 0. The molecule has 0 aromatic carbocycles. The van der Waals surface area contributed by atoms with E-state index in [4.69, 9.17) is 14.2 Å². The van der Waals surface area contributed by atoms with Gasteiger partial charge in [0.05, 0.1) is 32.2 Å². The van der Waals surface area contributed by atoms with Crippen molar-refractivity contribution in [1.82, 2.24) is 5.32 Å². The van der Waals surface area contributed by atoms with Gasteiger partial charge in [-0.05, 0) is 0 Å². The van der Waals surface area contributed by atoms with Crippen LogP contribution in [0.15, 0.2) is 0 Å². The van der Waals surface area contributed by atoms with Crippen LogP contribution in [0.5, 0.6) is 0 Å². The van der Waals surface area contributed by atoms with Gasteiger partial charge >= 0.3 is 0 Å². The first kappa shape index (κ1) is 17.3. The van der Waals surface area contributed by atoms with Crippen molar-refractivity contribution in [3.63, 3.8) is 0 Å². The van der Waals surface area contributed by atoms with E-state index in [9.17, 15) is 13.2 Å². The van der Waals surface area contributed by atoms with Gasteiger partial charge in [0.15, 0.2) is 0 Å². The first-order valence-corrected chi connectivity index (χ1v) is 7.60. The summed E-state index contributed by atoms with van der Waals surface area (Å²) in [6.07, 6.45) is 1.15. The van der Waals surface area contributed by atoms with Crippen LogP contribution in [0.1, 0.15) is 0 Å². The van der Waals surface area contributed by atoms with Crippen LogP contribution >= 0.6 is 0 Å². The highest BCUT2D eigenvalue weighted by molar-refractivity contribution is 7.90. The molecular weight excluding hydrogens is 262 g/mol. The maximum absolute atomic E-state index is 11.2. The fourth-order valence-electron chi connectivity index (χ4n) is 0.933. The quantitative estimate of drug-likeness (QED) is 0.480. The van der Waals surface area contributed by atoms with Gasteiger partial charge in [-0.2, -0.15) is 0 Å². The van der Waals surface area contributed by atoms with Crippen LogP contribution in [0.3, 0.4) is 0 Å². The van der Waals surface area contributed by atoms with Gasteiger partial charge in [-0.1, -0.05) is 0 Å². The van der Waals surface area contributed by atoms with E-state index in [2.05, 4.69) is 5.32 Å². The van der Waals surface area contributed by atoms with E-state index in [0.29, 0.717) is 19.8 Å². The highest BCUT2D eigenvalue weighted by atomic mass is 32.2. The number of carbonyl (C=O) groups excluding carboxylic acids is 1. The molecule has 0 saturated heterocycles. The lowest BCUT2D eigenvalue weighted by Crippen LogP contribution is -2.31. The Morgan fingerprint density at radius 2 is 1.83 bits per heavy atom. The molecule has 0 saturated carbocycles. The lowest BCUT2D eigenvalue weighted by molar-refractivity contribution is -0.126. The van der Waals surface area contributed by atoms with E-state index >= 15 is 0 Å². The zero-order valence-electron chi connectivity index (χ0n) is 10.8. The molecule has 1 amide bonds. The molecule has 108 valence electrons. The van der Waals surface area contributed by atoms with Crippen molar-refractivity contribution in [2.75, 3.05) is 58.7 Å². The van der Waals surface area contributed by atoms with E-state index < -0.39 is 9.84 Å². The van der Waals surface area contributed by atoms with Crippen LogP contribution in [-0.2, 0) is 28.8 Å².